The summed E-state index contributed by atoms with van der Waals surface area (Å²) in [5.74, 6) is 1.25. The molecule has 3 N–H and O–H groups in total. The first kappa shape index (κ1) is 13.4. The van der Waals surface area contributed by atoms with Gasteiger partial charge in [-0.15, -0.1) is 0 Å². The summed E-state index contributed by atoms with van der Waals surface area (Å²) in [6.07, 6.45) is 2.66. The molecule has 0 unspecified atom stereocenters. The maximum Gasteiger partial charge on any atom is 0.339 e. The van der Waals surface area contributed by atoms with E-state index in [-0.39, 0.29) is 0 Å². The molecule has 0 amide bonds. The van der Waals surface area contributed by atoms with Crippen LogP contribution in [0.1, 0.15) is 6.42 Å². The number of nitrogens with two attached hydrogens (primary N) is 1. The third kappa shape index (κ3) is 3.47. The zero-order valence-corrected chi connectivity index (χ0v) is 11.2. The number of aromatic nitrogens is 5. The van der Waals surface area contributed by atoms with Gasteiger partial charge in [0.1, 0.15) is 5.82 Å². The fourth-order valence-corrected chi connectivity index (χ4v) is 2.32. The lowest BCUT2D eigenvalue weighted by Gasteiger charge is -2.05. The van der Waals surface area contributed by atoms with Gasteiger partial charge < -0.3 is 5.73 Å². The van der Waals surface area contributed by atoms with Crippen LogP contribution in [0.15, 0.2) is 27.0 Å². The average Bonchev–Trinajstić information content (AvgIpc) is 2.77. The van der Waals surface area contributed by atoms with Gasteiger partial charge >= 0.3 is 11.1 Å². The maximum atomic E-state index is 11.1. The average molecular weight is 282 g/mol. The van der Waals surface area contributed by atoms with Crippen molar-refractivity contribution >= 4 is 17.6 Å². The van der Waals surface area contributed by atoms with Crippen LogP contribution in [0.3, 0.4) is 0 Å². The highest BCUT2D eigenvalue weighted by Crippen LogP contribution is 2.12. The SMILES string of the molecule is Cn1[nH]c(=O)c(=O)nc1SCCCn1ccc(N)n1. The van der Waals surface area contributed by atoms with Crippen molar-refractivity contribution in [2.24, 2.45) is 7.05 Å². The zero-order valence-electron chi connectivity index (χ0n) is 10.4. The predicted octanol–water partition coefficient (Wildman–Crippen LogP) is -0.570. The van der Waals surface area contributed by atoms with Crippen LogP contribution >= 0.6 is 11.8 Å². The summed E-state index contributed by atoms with van der Waals surface area (Å²) in [5, 5.41) is 6.96. The van der Waals surface area contributed by atoms with Gasteiger partial charge in [0, 0.05) is 25.5 Å². The van der Waals surface area contributed by atoms with Crippen molar-refractivity contribution in [3.63, 3.8) is 0 Å². The first-order valence-corrected chi connectivity index (χ1v) is 6.64. The minimum Gasteiger partial charge on any atom is -0.382 e. The van der Waals surface area contributed by atoms with Crippen molar-refractivity contribution in [3.8, 4) is 0 Å². The number of aryl methyl sites for hydroxylation is 2. The number of hydrogen-bond acceptors (Lipinski definition) is 6. The summed E-state index contributed by atoms with van der Waals surface area (Å²) in [4.78, 5) is 25.9. The Morgan fingerprint density at radius 1 is 1.47 bits per heavy atom. The maximum absolute atomic E-state index is 11.1. The molecule has 2 rings (SSSR count). The molecule has 0 bridgehead atoms. The number of rotatable bonds is 5. The van der Waals surface area contributed by atoms with E-state index in [2.05, 4.69) is 15.2 Å². The fourth-order valence-electron chi connectivity index (χ4n) is 1.48. The lowest BCUT2D eigenvalue weighted by molar-refractivity contribution is 0.591. The molecule has 0 aliphatic rings. The number of hydrogen-bond donors (Lipinski definition) is 2. The quantitative estimate of drug-likeness (QED) is 0.431. The van der Waals surface area contributed by atoms with Crippen molar-refractivity contribution in [1.29, 1.82) is 0 Å². The van der Waals surface area contributed by atoms with E-state index >= 15 is 0 Å². The van der Waals surface area contributed by atoms with Crippen molar-refractivity contribution in [2.75, 3.05) is 11.5 Å². The molecule has 0 radical (unpaired) electrons. The molecule has 102 valence electrons. The molecule has 0 fully saturated rings. The van der Waals surface area contributed by atoms with Crippen LogP contribution in [-0.4, -0.2) is 30.3 Å². The summed E-state index contributed by atoms with van der Waals surface area (Å²) in [6, 6.07) is 1.74. The molecule has 19 heavy (non-hydrogen) atoms. The second kappa shape index (κ2) is 5.74. The van der Waals surface area contributed by atoms with Gasteiger partial charge in [-0.2, -0.15) is 10.1 Å². The van der Waals surface area contributed by atoms with E-state index in [4.69, 9.17) is 5.73 Å². The number of nitrogen functional groups attached to an aromatic ring is 1. The number of nitrogens with one attached hydrogen (secondary N) is 1. The van der Waals surface area contributed by atoms with E-state index in [1.807, 2.05) is 6.20 Å². The Morgan fingerprint density at radius 2 is 2.26 bits per heavy atom. The molecule has 0 aliphatic carbocycles. The van der Waals surface area contributed by atoms with Gasteiger partial charge in [0.2, 0.25) is 0 Å². The van der Waals surface area contributed by atoms with Crippen LogP contribution in [0, 0.1) is 0 Å². The Balaban J connectivity index is 1.88. The highest BCUT2D eigenvalue weighted by Gasteiger charge is 2.04. The molecule has 8 nitrogen and oxygen atoms in total. The van der Waals surface area contributed by atoms with E-state index in [1.165, 1.54) is 16.4 Å². The van der Waals surface area contributed by atoms with Gasteiger partial charge in [-0.05, 0) is 12.5 Å². The van der Waals surface area contributed by atoms with Crippen LogP contribution in [-0.2, 0) is 13.6 Å². The summed E-state index contributed by atoms with van der Waals surface area (Å²) in [5.41, 5.74) is 4.03. The third-order valence-corrected chi connectivity index (χ3v) is 3.49. The van der Waals surface area contributed by atoms with Gasteiger partial charge in [0.25, 0.3) is 0 Å². The van der Waals surface area contributed by atoms with Crippen LogP contribution in [0.25, 0.3) is 0 Å². The standard InChI is InChI=1S/C10H14N6O2S/c1-15-10(12-8(17)9(18)14-15)19-6-2-4-16-5-3-7(11)13-16/h3,5H,2,4,6H2,1H3,(H2,11,13)(H,14,18). The molecule has 2 aromatic rings. The van der Waals surface area contributed by atoms with Gasteiger partial charge in [-0.3, -0.25) is 24.1 Å². The fraction of sp³-hybridized carbons (Fsp3) is 0.400. The minimum absolute atomic E-state index is 0.490. The topological polar surface area (TPSA) is 112 Å². The van der Waals surface area contributed by atoms with Crippen LogP contribution in [0.2, 0.25) is 0 Å². The Labute approximate surface area is 112 Å². The van der Waals surface area contributed by atoms with Gasteiger partial charge in [-0.1, -0.05) is 11.8 Å². The van der Waals surface area contributed by atoms with Crippen LogP contribution in [0.4, 0.5) is 5.82 Å². The monoisotopic (exact) mass is 282 g/mol. The summed E-state index contributed by atoms with van der Waals surface area (Å²) >= 11 is 1.41. The number of nitrogens with zero attached hydrogens (tertiary/aromatic N) is 4. The molecular weight excluding hydrogens is 268 g/mol. The molecule has 0 atom stereocenters. The highest BCUT2D eigenvalue weighted by atomic mass is 32.2. The smallest absolute Gasteiger partial charge is 0.339 e. The number of thioether (sulfide) groups is 1. The largest absolute Gasteiger partial charge is 0.382 e. The van der Waals surface area contributed by atoms with E-state index in [0.29, 0.717) is 11.0 Å². The van der Waals surface area contributed by atoms with E-state index in [9.17, 15) is 9.59 Å². The molecule has 0 aliphatic heterocycles. The second-order valence-electron chi connectivity index (χ2n) is 3.91. The normalized spacial score (nSPS) is 10.8. The van der Waals surface area contributed by atoms with Crippen molar-refractivity contribution < 1.29 is 0 Å². The molecule has 2 heterocycles. The predicted molar refractivity (Wildman–Crippen MR) is 72.1 cm³/mol. The second-order valence-corrected chi connectivity index (χ2v) is 4.97. The first-order valence-electron chi connectivity index (χ1n) is 5.65. The summed E-state index contributed by atoms with van der Waals surface area (Å²) < 4.78 is 3.20. The molecular formula is C10H14N6O2S. The first-order chi connectivity index (χ1) is 9.06. The van der Waals surface area contributed by atoms with Gasteiger partial charge in [0.05, 0.1) is 0 Å². The molecule has 2 aromatic heterocycles. The van der Waals surface area contributed by atoms with E-state index in [0.717, 1.165) is 18.7 Å². The van der Waals surface area contributed by atoms with Crippen LogP contribution < -0.4 is 16.9 Å². The number of aromatic amines is 1. The third-order valence-electron chi connectivity index (χ3n) is 2.37. The van der Waals surface area contributed by atoms with Crippen molar-refractivity contribution in [2.45, 2.75) is 18.1 Å². The molecule has 9 heteroatoms. The Kier molecular flexibility index (Phi) is 4.05. The van der Waals surface area contributed by atoms with Gasteiger partial charge in [-0.25, -0.2) is 0 Å². The Morgan fingerprint density at radius 3 is 2.95 bits per heavy atom. The number of anilines is 1. The van der Waals surface area contributed by atoms with Crippen LogP contribution in [0.5, 0.6) is 0 Å². The molecule has 0 spiro atoms. The Bertz CT molecular complexity index is 673. The van der Waals surface area contributed by atoms with Crippen molar-refractivity contribution in [1.82, 2.24) is 24.5 Å². The van der Waals surface area contributed by atoms with Crippen molar-refractivity contribution in [3.05, 3.63) is 33.0 Å². The molecule has 0 saturated heterocycles. The summed E-state index contributed by atoms with van der Waals surface area (Å²) in [6.45, 7) is 0.738. The van der Waals surface area contributed by atoms with Gasteiger partial charge in [0.15, 0.2) is 5.16 Å². The highest BCUT2D eigenvalue weighted by molar-refractivity contribution is 7.99. The minimum atomic E-state index is -0.763. The van der Waals surface area contributed by atoms with E-state index < -0.39 is 11.1 Å². The molecule has 0 saturated carbocycles. The summed E-state index contributed by atoms with van der Waals surface area (Å²) in [7, 11) is 1.64. The lowest BCUT2D eigenvalue weighted by atomic mass is 10.5. The zero-order chi connectivity index (χ0) is 13.8. The molecule has 0 aromatic carbocycles. The Hall–Kier alpha value is -2.03. The van der Waals surface area contributed by atoms with E-state index in [1.54, 1.807) is 17.8 Å². The lowest BCUT2D eigenvalue weighted by Crippen LogP contribution is -2.33. The number of H-pyrrole nitrogens is 1.